The van der Waals surface area contributed by atoms with Crippen LogP contribution in [-0.4, -0.2) is 49.5 Å². The number of amides is 1. The molecule has 1 atom stereocenters. The van der Waals surface area contributed by atoms with E-state index in [1.54, 1.807) is 26.8 Å². The molecule has 2 N–H and O–H groups in total. The Kier molecular flexibility index (Phi) is 6.24. The zero-order chi connectivity index (χ0) is 18.8. The third-order valence-electron chi connectivity index (χ3n) is 4.80. The maximum absolute atomic E-state index is 13.1. The Bertz CT molecular complexity index is 736. The van der Waals surface area contributed by atoms with Gasteiger partial charge in [0.25, 0.3) is 5.91 Å². The number of piperidine rings is 1. The van der Waals surface area contributed by atoms with Gasteiger partial charge < -0.3 is 10.4 Å². The number of benzene rings is 1. The van der Waals surface area contributed by atoms with Crippen molar-refractivity contribution in [2.24, 2.45) is 5.92 Å². The number of sulfonamides is 1. The molecule has 1 amide bonds. The average molecular weight is 368 g/mol. The number of aliphatic hydroxyl groups is 1. The summed E-state index contributed by atoms with van der Waals surface area (Å²) >= 11 is 0. The van der Waals surface area contributed by atoms with Gasteiger partial charge in [0, 0.05) is 25.2 Å². The van der Waals surface area contributed by atoms with Crippen LogP contribution in [0.2, 0.25) is 0 Å². The first-order valence-corrected chi connectivity index (χ1v) is 10.1. The predicted molar refractivity (Wildman–Crippen MR) is 97.1 cm³/mol. The van der Waals surface area contributed by atoms with Gasteiger partial charge in [-0.15, -0.1) is 0 Å². The van der Waals surface area contributed by atoms with Gasteiger partial charge in [0.15, 0.2) is 0 Å². The predicted octanol–water partition coefficient (Wildman–Crippen LogP) is 1.83. The smallest absolute Gasteiger partial charge is 0.251 e. The van der Waals surface area contributed by atoms with Crippen LogP contribution in [0.15, 0.2) is 17.0 Å². The maximum Gasteiger partial charge on any atom is 0.251 e. The van der Waals surface area contributed by atoms with Crippen LogP contribution < -0.4 is 5.32 Å². The largest absolute Gasteiger partial charge is 0.392 e. The molecular weight excluding hydrogens is 340 g/mol. The van der Waals surface area contributed by atoms with Crippen LogP contribution in [0.5, 0.6) is 0 Å². The number of carbonyl (C=O) groups excluding carboxylic acids is 1. The minimum atomic E-state index is -3.62. The highest BCUT2D eigenvalue weighted by Gasteiger charge is 2.30. The maximum atomic E-state index is 13.1. The molecule has 1 aliphatic rings. The molecule has 7 heteroatoms. The van der Waals surface area contributed by atoms with Crippen LogP contribution in [0.3, 0.4) is 0 Å². The summed E-state index contributed by atoms with van der Waals surface area (Å²) in [5, 5.41) is 11.9. The highest BCUT2D eigenvalue weighted by Crippen LogP contribution is 2.28. The van der Waals surface area contributed by atoms with Crippen LogP contribution in [0.25, 0.3) is 0 Å². The van der Waals surface area contributed by atoms with Crippen LogP contribution in [0, 0.1) is 19.8 Å². The number of aliphatic hydroxyl groups excluding tert-OH is 1. The Hall–Kier alpha value is -1.44. The van der Waals surface area contributed by atoms with Crippen molar-refractivity contribution in [2.45, 2.75) is 51.5 Å². The zero-order valence-electron chi connectivity index (χ0n) is 15.4. The minimum absolute atomic E-state index is 0.123. The fourth-order valence-corrected chi connectivity index (χ4v) is 4.73. The van der Waals surface area contributed by atoms with Crippen LogP contribution in [-0.2, 0) is 10.0 Å². The van der Waals surface area contributed by atoms with Gasteiger partial charge in [0.05, 0.1) is 11.0 Å². The number of rotatable bonds is 5. The van der Waals surface area contributed by atoms with Crippen molar-refractivity contribution in [1.82, 2.24) is 9.62 Å². The first-order chi connectivity index (χ1) is 11.6. The van der Waals surface area contributed by atoms with Crippen molar-refractivity contribution in [3.63, 3.8) is 0 Å². The number of carbonyl (C=O) groups is 1. The molecule has 1 aromatic rings. The van der Waals surface area contributed by atoms with Gasteiger partial charge in [-0.25, -0.2) is 8.42 Å². The number of aryl methyl sites for hydroxylation is 1. The molecule has 1 aliphatic heterocycles. The van der Waals surface area contributed by atoms with Crippen LogP contribution in [0.1, 0.15) is 48.2 Å². The van der Waals surface area contributed by atoms with E-state index in [0.717, 1.165) is 18.4 Å². The molecule has 0 spiro atoms. The molecule has 1 fully saturated rings. The molecular formula is C18H28N2O4S. The van der Waals surface area contributed by atoms with Crippen molar-refractivity contribution in [1.29, 1.82) is 0 Å². The normalized spacial score (nSPS) is 18.1. The van der Waals surface area contributed by atoms with Gasteiger partial charge in [-0.2, -0.15) is 4.31 Å². The van der Waals surface area contributed by atoms with E-state index in [0.29, 0.717) is 30.1 Å². The summed E-state index contributed by atoms with van der Waals surface area (Å²) in [4.78, 5) is 12.5. The first kappa shape index (κ1) is 19.9. The van der Waals surface area contributed by atoms with Crippen LogP contribution >= 0.6 is 0 Å². The summed E-state index contributed by atoms with van der Waals surface area (Å²) in [6, 6.07) is 3.14. The van der Waals surface area contributed by atoms with E-state index in [1.165, 1.54) is 10.4 Å². The van der Waals surface area contributed by atoms with E-state index in [1.807, 2.05) is 0 Å². The molecule has 6 nitrogen and oxygen atoms in total. The van der Waals surface area contributed by atoms with Crippen LogP contribution in [0.4, 0.5) is 0 Å². The summed E-state index contributed by atoms with van der Waals surface area (Å²) in [7, 11) is -3.62. The van der Waals surface area contributed by atoms with E-state index >= 15 is 0 Å². The second-order valence-electron chi connectivity index (χ2n) is 7.06. The summed E-state index contributed by atoms with van der Waals surface area (Å²) in [6.07, 6.45) is 1.05. The summed E-state index contributed by atoms with van der Waals surface area (Å²) in [6.45, 7) is 8.43. The molecule has 0 radical (unpaired) electrons. The van der Waals surface area contributed by atoms with E-state index in [9.17, 15) is 18.3 Å². The van der Waals surface area contributed by atoms with Gasteiger partial charge in [0.2, 0.25) is 10.0 Å². The van der Waals surface area contributed by atoms with Crippen molar-refractivity contribution >= 4 is 15.9 Å². The molecule has 1 saturated heterocycles. The SMILES string of the molecule is Cc1cc(C(=O)NCC(C)O)cc(S(=O)(=O)N2CCC(C)CC2)c1C. The van der Waals surface area contributed by atoms with Crippen molar-refractivity contribution in [3.8, 4) is 0 Å². The Morgan fingerprint density at radius 3 is 2.48 bits per heavy atom. The Morgan fingerprint density at radius 1 is 1.32 bits per heavy atom. The monoisotopic (exact) mass is 368 g/mol. The van der Waals surface area contributed by atoms with Gasteiger partial charge in [-0.3, -0.25) is 4.79 Å². The lowest BCUT2D eigenvalue weighted by molar-refractivity contribution is 0.0923. The molecule has 1 aromatic carbocycles. The second kappa shape index (κ2) is 7.85. The third-order valence-corrected chi connectivity index (χ3v) is 6.83. The quantitative estimate of drug-likeness (QED) is 0.830. The molecule has 0 bridgehead atoms. The first-order valence-electron chi connectivity index (χ1n) is 8.70. The summed E-state index contributed by atoms with van der Waals surface area (Å²) < 4.78 is 27.6. The third kappa shape index (κ3) is 4.59. The fraction of sp³-hybridized carbons (Fsp3) is 0.611. The minimum Gasteiger partial charge on any atom is -0.392 e. The molecule has 0 aromatic heterocycles. The number of hydrogen-bond donors (Lipinski definition) is 2. The summed E-state index contributed by atoms with van der Waals surface area (Å²) in [5.41, 5.74) is 1.73. The number of nitrogens with zero attached hydrogens (tertiary/aromatic N) is 1. The van der Waals surface area contributed by atoms with Gasteiger partial charge >= 0.3 is 0 Å². The molecule has 2 rings (SSSR count). The molecule has 140 valence electrons. The lowest BCUT2D eigenvalue weighted by Gasteiger charge is -2.30. The fourth-order valence-electron chi connectivity index (χ4n) is 2.93. The second-order valence-corrected chi connectivity index (χ2v) is 8.97. The van der Waals surface area contributed by atoms with Crippen molar-refractivity contribution in [2.75, 3.05) is 19.6 Å². The van der Waals surface area contributed by atoms with Gasteiger partial charge in [0.1, 0.15) is 0 Å². The number of hydrogen-bond acceptors (Lipinski definition) is 4. The highest BCUT2D eigenvalue weighted by molar-refractivity contribution is 7.89. The van der Waals surface area contributed by atoms with Gasteiger partial charge in [-0.1, -0.05) is 6.92 Å². The molecule has 0 aliphatic carbocycles. The van der Waals surface area contributed by atoms with Crippen molar-refractivity contribution in [3.05, 3.63) is 28.8 Å². The lowest BCUT2D eigenvalue weighted by Crippen LogP contribution is -2.38. The van der Waals surface area contributed by atoms with E-state index in [2.05, 4.69) is 12.2 Å². The van der Waals surface area contributed by atoms with E-state index < -0.39 is 16.1 Å². The average Bonchev–Trinajstić information content (AvgIpc) is 2.55. The van der Waals surface area contributed by atoms with Crippen molar-refractivity contribution < 1.29 is 18.3 Å². The number of nitrogens with one attached hydrogen (secondary N) is 1. The zero-order valence-corrected chi connectivity index (χ0v) is 16.2. The Balaban J connectivity index is 2.35. The Labute approximate surface area is 150 Å². The summed E-state index contributed by atoms with van der Waals surface area (Å²) in [5.74, 6) is 0.152. The highest BCUT2D eigenvalue weighted by atomic mass is 32.2. The van der Waals surface area contributed by atoms with Gasteiger partial charge in [-0.05, 0) is 62.8 Å². The molecule has 0 saturated carbocycles. The molecule has 1 unspecified atom stereocenters. The Morgan fingerprint density at radius 2 is 1.92 bits per heavy atom. The standard InChI is InChI=1S/C18H28N2O4S/c1-12-5-7-20(8-6-12)25(23,24)17-10-16(9-13(2)15(17)4)18(22)19-11-14(3)21/h9-10,12,14,21H,5-8,11H2,1-4H3,(H,19,22). The van der Waals surface area contributed by atoms with E-state index in [-0.39, 0.29) is 17.3 Å². The van der Waals surface area contributed by atoms with E-state index in [4.69, 9.17) is 0 Å². The lowest BCUT2D eigenvalue weighted by atomic mass is 10.0. The topological polar surface area (TPSA) is 86.7 Å². The molecule has 1 heterocycles. The molecule has 25 heavy (non-hydrogen) atoms.